The van der Waals surface area contributed by atoms with Crippen LogP contribution in [0.25, 0.3) is 0 Å². The Kier molecular flexibility index (Phi) is 11.0. The minimum absolute atomic E-state index is 0.0187. The molecule has 1 N–H and O–H groups in total. The molecule has 40 heavy (non-hydrogen) atoms. The molecule has 0 saturated heterocycles. The molecule has 2 amide bonds. The van der Waals surface area contributed by atoms with Gasteiger partial charge < -0.3 is 15.0 Å². The summed E-state index contributed by atoms with van der Waals surface area (Å²) < 4.78 is 33.9. The fourth-order valence-electron chi connectivity index (χ4n) is 4.07. The lowest BCUT2D eigenvalue weighted by Crippen LogP contribution is -2.51. The molecule has 0 aliphatic carbocycles. The average Bonchev–Trinajstić information content (AvgIpc) is 2.95. The number of aryl methyl sites for hydroxylation is 1. The average molecular weight is 586 g/mol. The van der Waals surface area contributed by atoms with Gasteiger partial charge in [-0.05, 0) is 56.2 Å². The summed E-state index contributed by atoms with van der Waals surface area (Å²) in [6.45, 7) is 5.71. The molecule has 0 aliphatic rings. The summed E-state index contributed by atoms with van der Waals surface area (Å²) in [5, 5.41) is 3.07. The fourth-order valence-corrected chi connectivity index (χ4v) is 5.75. The van der Waals surface area contributed by atoms with Crippen molar-refractivity contribution in [3.63, 3.8) is 0 Å². The highest BCUT2D eigenvalue weighted by Gasteiger charge is 2.32. The molecule has 10 heteroatoms. The lowest BCUT2D eigenvalue weighted by Gasteiger charge is -2.32. The number of rotatable bonds is 13. The number of carbonyl (C=O) groups is 2. The summed E-state index contributed by atoms with van der Waals surface area (Å²) >= 11 is 6.35. The monoisotopic (exact) mass is 585 g/mol. The molecule has 0 aliphatic heterocycles. The zero-order valence-corrected chi connectivity index (χ0v) is 24.8. The quantitative estimate of drug-likeness (QED) is 0.279. The number of carbonyl (C=O) groups excluding carboxylic acids is 2. The van der Waals surface area contributed by atoms with Gasteiger partial charge in [0.05, 0.1) is 22.7 Å². The maximum atomic E-state index is 13.9. The molecular formula is C30H36ClN3O5S. The second kappa shape index (κ2) is 14.2. The zero-order chi connectivity index (χ0) is 29.3. The van der Waals surface area contributed by atoms with Gasteiger partial charge in [0.25, 0.3) is 10.0 Å². The normalized spacial score (nSPS) is 11.9. The van der Waals surface area contributed by atoms with Crippen LogP contribution in [0, 0.1) is 6.92 Å². The van der Waals surface area contributed by atoms with E-state index < -0.39 is 28.5 Å². The molecular weight excluding hydrogens is 550 g/mol. The Balaban J connectivity index is 2.02. The van der Waals surface area contributed by atoms with E-state index in [4.69, 9.17) is 16.3 Å². The van der Waals surface area contributed by atoms with Crippen molar-refractivity contribution in [1.82, 2.24) is 10.2 Å². The van der Waals surface area contributed by atoms with Crippen LogP contribution in [-0.2, 0) is 26.2 Å². The first-order valence-electron chi connectivity index (χ1n) is 13.1. The van der Waals surface area contributed by atoms with Gasteiger partial charge in [-0.1, -0.05) is 73.0 Å². The Morgan fingerprint density at radius 3 is 2.30 bits per heavy atom. The number of amides is 2. The molecule has 0 fully saturated rings. The summed E-state index contributed by atoms with van der Waals surface area (Å²) in [7, 11) is -2.72. The summed E-state index contributed by atoms with van der Waals surface area (Å²) in [4.78, 5) is 28.4. The Morgan fingerprint density at radius 2 is 1.70 bits per heavy atom. The summed E-state index contributed by atoms with van der Waals surface area (Å²) in [6.07, 6.45) is 1.73. The Bertz CT molecular complexity index is 1400. The number of benzene rings is 3. The molecule has 1 atom stereocenters. The van der Waals surface area contributed by atoms with E-state index in [1.165, 1.54) is 36.3 Å². The van der Waals surface area contributed by atoms with Crippen molar-refractivity contribution in [3.8, 4) is 5.75 Å². The summed E-state index contributed by atoms with van der Waals surface area (Å²) in [6, 6.07) is 19.2. The number of unbranched alkanes of at least 4 members (excludes halogenated alkanes) is 1. The van der Waals surface area contributed by atoms with Crippen molar-refractivity contribution in [2.75, 3.05) is 24.5 Å². The molecule has 214 valence electrons. The van der Waals surface area contributed by atoms with Crippen molar-refractivity contribution >= 4 is 39.1 Å². The van der Waals surface area contributed by atoms with Crippen LogP contribution in [0.1, 0.15) is 37.8 Å². The van der Waals surface area contributed by atoms with Gasteiger partial charge in [0.1, 0.15) is 18.3 Å². The number of nitrogens with one attached hydrogen (secondary N) is 1. The van der Waals surface area contributed by atoms with Gasteiger partial charge in [0.15, 0.2) is 0 Å². The van der Waals surface area contributed by atoms with Crippen LogP contribution >= 0.6 is 11.6 Å². The number of ether oxygens (including phenoxy) is 1. The minimum atomic E-state index is -4.18. The maximum absolute atomic E-state index is 13.9. The maximum Gasteiger partial charge on any atom is 0.264 e. The SMILES string of the molecule is CCCCNC(=O)[C@@H](C)N(Cc1ccc(C)cc1)C(=O)CN(c1ccc(OC)c(Cl)c1)S(=O)(=O)c1ccccc1. The lowest BCUT2D eigenvalue weighted by atomic mass is 10.1. The third kappa shape index (κ3) is 7.76. The van der Waals surface area contributed by atoms with Gasteiger partial charge in [-0.25, -0.2) is 8.42 Å². The highest BCUT2D eigenvalue weighted by atomic mass is 35.5. The zero-order valence-electron chi connectivity index (χ0n) is 23.3. The lowest BCUT2D eigenvalue weighted by molar-refractivity contribution is -0.139. The Hall–Kier alpha value is -3.56. The molecule has 0 radical (unpaired) electrons. The van der Waals surface area contributed by atoms with Crippen molar-refractivity contribution in [1.29, 1.82) is 0 Å². The Morgan fingerprint density at radius 1 is 1.02 bits per heavy atom. The predicted octanol–water partition coefficient (Wildman–Crippen LogP) is 5.19. The van der Waals surface area contributed by atoms with E-state index >= 15 is 0 Å². The van der Waals surface area contributed by atoms with Crippen LogP contribution in [0.3, 0.4) is 0 Å². The van der Waals surface area contributed by atoms with E-state index in [0.29, 0.717) is 12.3 Å². The van der Waals surface area contributed by atoms with Crippen LogP contribution in [0.15, 0.2) is 77.7 Å². The predicted molar refractivity (Wildman–Crippen MR) is 158 cm³/mol. The third-order valence-corrected chi connectivity index (χ3v) is 8.59. The van der Waals surface area contributed by atoms with Crippen molar-refractivity contribution in [2.45, 2.75) is 51.1 Å². The molecule has 8 nitrogen and oxygen atoms in total. The number of halogens is 1. The largest absolute Gasteiger partial charge is 0.495 e. The van der Waals surface area contributed by atoms with Gasteiger partial charge in [-0.2, -0.15) is 0 Å². The molecule has 0 unspecified atom stereocenters. The van der Waals surface area contributed by atoms with E-state index in [1.807, 2.05) is 38.1 Å². The first-order valence-corrected chi connectivity index (χ1v) is 14.9. The van der Waals surface area contributed by atoms with Crippen molar-refractivity contribution in [3.05, 3.63) is 88.9 Å². The highest BCUT2D eigenvalue weighted by molar-refractivity contribution is 7.92. The van der Waals surface area contributed by atoms with Crippen molar-refractivity contribution in [2.24, 2.45) is 0 Å². The third-order valence-electron chi connectivity index (χ3n) is 6.50. The van der Waals surface area contributed by atoms with E-state index in [1.54, 1.807) is 31.2 Å². The van der Waals surface area contributed by atoms with E-state index in [-0.39, 0.29) is 28.1 Å². The van der Waals surface area contributed by atoms with Gasteiger partial charge in [-0.3, -0.25) is 13.9 Å². The number of hydrogen-bond donors (Lipinski definition) is 1. The van der Waals surface area contributed by atoms with E-state index in [9.17, 15) is 18.0 Å². The molecule has 0 spiro atoms. The van der Waals surface area contributed by atoms with Crippen LogP contribution in [-0.4, -0.2) is 51.4 Å². The fraction of sp³-hybridized carbons (Fsp3) is 0.333. The van der Waals surface area contributed by atoms with Gasteiger partial charge >= 0.3 is 0 Å². The smallest absolute Gasteiger partial charge is 0.264 e. The minimum Gasteiger partial charge on any atom is -0.495 e. The second-order valence-electron chi connectivity index (χ2n) is 9.47. The molecule has 0 bridgehead atoms. The molecule has 0 saturated carbocycles. The highest BCUT2D eigenvalue weighted by Crippen LogP contribution is 2.32. The first kappa shape index (κ1) is 31.0. The van der Waals surface area contributed by atoms with Crippen LogP contribution in [0.4, 0.5) is 5.69 Å². The molecule has 0 aromatic heterocycles. The van der Waals surface area contributed by atoms with E-state index in [2.05, 4.69) is 5.32 Å². The standard InChI is InChI=1S/C30H36ClN3O5S/c1-5-6-18-32-30(36)23(3)33(20-24-14-12-22(2)13-15-24)29(35)21-34(25-16-17-28(39-4)27(31)19-25)40(37,38)26-10-8-7-9-11-26/h7-17,19,23H,5-6,18,20-21H2,1-4H3,(H,32,36)/t23-/m1/s1. The Labute approximate surface area is 241 Å². The number of hydrogen-bond acceptors (Lipinski definition) is 5. The van der Waals surface area contributed by atoms with Crippen molar-refractivity contribution < 1.29 is 22.7 Å². The van der Waals surface area contributed by atoms with Crippen LogP contribution in [0.2, 0.25) is 5.02 Å². The second-order valence-corrected chi connectivity index (χ2v) is 11.7. The van der Waals surface area contributed by atoms with Gasteiger partial charge in [-0.15, -0.1) is 0 Å². The molecule has 3 aromatic rings. The number of methoxy groups -OCH3 is 1. The van der Waals surface area contributed by atoms with Gasteiger partial charge in [0, 0.05) is 13.1 Å². The topological polar surface area (TPSA) is 96.0 Å². The summed E-state index contributed by atoms with van der Waals surface area (Å²) in [5.74, 6) is -0.476. The van der Waals surface area contributed by atoms with Gasteiger partial charge in [0.2, 0.25) is 11.8 Å². The van der Waals surface area contributed by atoms with Crippen LogP contribution < -0.4 is 14.4 Å². The molecule has 0 heterocycles. The molecule has 3 rings (SSSR count). The number of sulfonamides is 1. The molecule has 3 aromatic carbocycles. The first-order chi connectivity index (χ1) is 19.1. The van der Waals surface area contributed by atoms with Crippen LogP contribution in [0.5, 0.6) is 5.75 Å². The summed E-state index contributed by atoms with van der Waals surface area (Å²) in [5.41, 5.74) is 2.07. The van der Waals surface area contributed by atoms with E-state index in [0.717, 1.165) is 28.3 Å². The number of anilines is 1. The number of nitrogens with zero attached hydrogens (tertiary/aromatic N) is 2.